The van der Waals surface area contributed by atoms with Crippen LogP contribution in [-0.2, 0) is 3.79 Å². The summed E-state index contributed by atoms with van der Waals surface area (Å²) in [4.78, 5) is 4.69. The monoisotopic (exact) mass is 280 g/mol. The molecule has 0 radical (unpaired) electrons. The van der Waals surface area contributed by atoms with Crippen molar-refractivity contribution in [2.75, 3.05) is 0 Å². The van der Waals surface area contributed by atoms with E-state index in [4.69, 9.17) is 40.1 Å². The topological polar surface area (TPSA) is 54.0 Å². The van der Waals surface area contributed by atoms with Crippen molar-refractivity contribution in [2.45, 2.75) is 10.7 Å². The van der Waals surface area contributed by atoms with Crippen LogP contribution in [0.3, 0.4) is 0 Å². The molecule has 0 saturated heterocycles. The predicted molar refractivity (Wildman–Crippen MR) is 59.6 cm³/mol. The van der Waals surface area contributed by atoms with Crippen LogP contribution in [0.1, 0.15) is 16.4 Å². The lowest BCUT2D eigenvalue weighted by molar-refractivity contribution is 0.905. The number of imidazole rings is 1. The number of hydrogen-bond acceptors (Lipinski definition) is 4. The molecule has 0 fully saturated rings. The van der Waals surface area contributed by atoms with Gasteiger partial charge >= 0.3 is 0 Å². The van der Waals surface area contributed by atoms with Crippen LogP contribution < -0.4 is 0 Å². The van der Waals surface area contributed by atoms with Gasteiger partial charge in [-0.15, -0.1) is 0 Å². The second-order valence-electron chi connectivity index (χ2n) is 2.76. The predicted octanol–water partition coefficient (Wildman–Crippen LogP) is 2.80. The minimum Gasteiger partial charge on any atom is -0.221 e. The number of hydrogen-bond donors (Lipinski definition) is 0. The Kier molecular flexibility index (Phi) is 2.55. The normalized spacial score (nSPS) is 11.9. The molecule has 2 heterocycles. The van der Waals surface area contributed by atoms with Gasteiger partial charge in [0.25, 0.3) is 0 Å². The van der Waals surface area contributed by atoms with Gasteiger partial charge in [0.2, 0.25) is 8.75 Å². The molecule has 0 aliphatic carbocycles. The average molecular weight is 282 g/mol. The minimum atomic E-state index is -1.58. The molecular formula is C7H3Cl3N4S. The second kappa shape index (κ2) is 3.49. The summed E-state index contributed by atoms with van der Waals surface area (Å²) in [6.45, 7) is 1.73. The average Bonchev–Trinajstić information content (AvgIpc) is 2.59. The fraction of sp³-hybridized carbons (Fsp3) is 0.286. The van der Waals surface area contributed by atoms with Gasteiger partial charge in [-0.1, -0.05) is 46.1 Å². The van der Waals surface area contributed by atoms with E-state index in [1.807, 2.05) is 6.07 Å². The van der Waals surface area contributed by atoms with E-state index in [2.05, 4.69) is 10.1 Å². The first kappa shape index (κ1) is 11.0. The summed E-state index contributed by atoms with van der Waals surface area (Å²) in [7, 11) is 0. The molecule has 0 saturated carbocycles. The summed E-state index contributed by atoms with van der Waals surface area (Å²) < 4.78 is -0.191. The molecule has 0 amide bonds. The Morgan fingerprint density at radius 3 is 2.67 bits per heavy atom. The molecule has 0 spiro atoms. The number of aryl methyl sites for hydroxylation is 1. The van der Waals surface area contributed by atoms with Crippen LogP contribution >= 0.6 is 46.1 Å². The fourth-order valence-electron chi connectivity index (χ4n) is 1.09. The van der Waals surface area contributed by atoms with Crippen LogP contribution in [0.4, 0.5) is 0 Å². The Morgan fingerprint density at radius 1 is 1.47 bits per heavy atom. The van der Waals surface area contributed by atoms with E-state index in [1.54, 1.807) is 6.92 Å². The van der Waals surface area contributed by atoms with E-state index >= 15 is 0 Å². The third-order valence-corrected chi connectivity index (χ3v) is 3.63. The van der Waals surface area contributed by atoms with Crippen LogP contribution in [0.25, 0.3) is 4.96 Å². The van der Waals surface area contributed by atoms with Gasteiger partial charge in [-0.3, -0.25) is 0 Å². The van der Waals surface area contributed by atoms with E-state index in [1.165, 1.54) is 4.52 Å². The zero-order chi connectivity index (χ0) is 11.2. The molecule has 2 rings (SSSR count). The molecule has 0 atom stereocenters. The summed E-state index contributed by atoms with van der Waals surface area (Å²) in [6, 6.07) is 2.00. The lowest BCUT2D eigenvalue weighted by Crippen LogP contribution is -2.01. The van der Waals surface area contributed by atoms with Gasteiger partial charge in [0, 0.05) is 0 Å². The quantitative estimate of drug-likeness (QED) is 0.698. The van der Waals surface area contributed by atoms with Crippen molar-refractivity contribution in [1.82, 2.24) is 14.6 Å². The molecule has 0 aliphatic rings. The van der Waals surface area contributed by atoms with Crippen LogP contribution in [0.15, 0.2) is 0 Å². The van der Waals surface area contributed by atoms with Crippen LogP contribution in [0.5, 0.6) is 0 Å². The Balaban J connectivity index is 2.70. The molecule has 0 aliphatic heterocycles. The maximum Gasteiger partial charge on any atom is 0.243 e. The highest BCUT2D eigenvalue weighted by Crippen LogP contribution is 2.40. The molecule has 4 nitrogen and oxygen atoms in total. The summed E-state index contributed by atoms with van der Waals surface area (Å²) >= 11 is 18.2. The summed E-state index contributed by atoms with van der Waals surface area (Å²) in [5, 5.41) is 13.2. The van der Waals surface area contributed by atoms with Gasteiger partial charge in [0.05, 0.1) is 5.69 Å². The van der Waals surface area contributed by atoms with E-state index in [-0.39, 0.29) is 0 Å². The summed E-state index contributed by atoms with van der Waals surface area (Å²) in [5.74, 6) is 0. The molecule has 15 heavy (non-hydrogen) atoms. The Bertz CT molecular complexity index is 559. The first-order valence-electron chi connectivity index (χ1n) is 3.77. The lowest BCUT2D eigenvalue weighted by atomic mass is 10.4. The molecule has 78 valence electrons. The third kappa shape index (κ3) is 1.79. The number of aromatic nitrogens is 3. The van der Waals surface area contributed by atoms with Gasteiger partial charge in [-0.25, -0.2) is 4.98 Å². The number of alkyl halides is 3. The van der Waals surface area contributed by atoms with Crippen molar-refractivity contribution in [3.63, 3.8) is 0 Å². The number of nitriles is 1. The highest BCUT2D eigenvalue weighted by molar-refractivity contribution is 7.17. The Morgan fingerprint density at radius 2 is 2.13 bits per heavy atom. The molecule has 2 aromatic heterocycles. The maximum atomic E-state index is 8.87. The SMILES string of the molecule is Cc1nc2sc(C(Cl)(Cl)Cl)nn2c1C#N. The summed E-state index contributed by atoms with van der Waals surface area (Å²) in [6.07, 6.45) is 0. The molecule has 0 unspecified atom stereocenters. The van der Waals surface area contributed by atoms with E-state index in [0.717, 1.165) is 11.3 Å². The lowest BCUT2D eigenvalue weighted by Gasteiger charge is -2.03. The first-order chi connectivity index (χ1) is 6.93. The van der Waals surface area contributed by atoms with Crippen molar-refractivity contribution in [3.05, 3.63) is 16.4 Å². The zero-order valence-electron chi connectivity index (χ0n) is 7.33. The van der Waals surface area contributed by atoms with Gasteiger partial charge in [0.1, 0.15) is 6.07 Å². The molecule has 2 aromatic rings. The van der Waals surface area contributed by atoms with Crippen molar-refractivity contribution < 1.29 is 0 Å². The van der Waals surface area contributed by atoms with Gasteiger partial charge in [0.15, 0.2) is 10.7 Å². The highest BCUT2D eigenvalue weighted by atomic mass is 35.6. The molecule has 0 aromatic carbocycles. The van der Waals surface area contributed by atoms with E-state index in [9.17, 15) is 0 Å². The number of nitrogens with zero attached hydrogens (tertiary/aromatic N) is 4. The van der Waals surface area contributed by atoms with Crippen molar-refractivity contribution >= 4 is 51.1 Å². The minimum absolute atomic E-state index is 0.298. The largest absolute Gasteiger partial charge is 0.243 e. The number of fused-ring (bicyclic) bond motifs is 1. The van der Waals surface area contributed by atoms with Crippen LogP contribution in [-0.4, -0.2) is 14.6 Å². The summed E-state index contributed by atoms with van der Waals surface area (Å²) in [5.41, 5.74) is 0.980. The number of rotatable bonds is 0. The molecular weight excluding hydrogens is 279 g/mol. The van der Waals surface area contributed by atoms with Gasteiger partial charge < -0.3 is 0 Å². The maximum absolute atomic E-state index is 8.87. The highest BCUT2D eigenvalue weighted by Gasteiger charge is 2.29. The third-order valence-electron chi connectivity index (χ3n) is 1.73. The van der Waals surface area contributed by atoms with Crippen molar-refractivity contribution in [1.29, 1.82) is 5.26 Å². The van der Waals surface area contributed by atoms with Gasteiger partial charge in [-0.05, 0) is 6.92 Å². The molecule has 0 N–H and O–H groups in total. The second-order valence-corrected chi connectivity index (χ2v) is 5.99. The standard InChI is InChI=1S/C7H3Cl3N4S/c1-3-4(2-11)14-6(12-3)15-5(13-14)7(8,9)10/h1H3. The Labute approximate surface area is 104 Å². The fourth-order valence-corrected chi connectivity index (χ4v) is 2.36. The van der Waals surface area contributed by atoms with Crippen molar-refractivity contribution in [3.8, 4) is 6.07 Å². The zero-order valence-corrected chi connectivity index (χ0v) is 10.4. The van der Waals surface area contributed by atoms with Crippen molar-refractivity contribution in [2.24, 2.45) is 0 Å². The van der Waals surface area contributed by atoms with E-state index < -0.39 is 3.79 Å². The van der Waals surface area contributed by atoms with E-state index in [0.29, 0.717) is 21.4 Å². The molecule has 8 heteroatoms. The van der Waals surface area contributed by atoms with Gasteiger partial charge in [-0.2, -0.15) is 14.9 Å². The first-order valence-corrected chi connectivity index (χ1v) is 5.72. The van der Waals surface area contributed by atoms with Crippen LogP contribution in [0, 0.1) is 18.3 Å². The molecule has 0 bridgehead atoms. The number of halogens is 3. The Hall–Kier alpha value is -0.540. The van der Waals surface area contributed by atoms with Crippen LogP contribution in [0.2, 0.25) is 0 Å². The smallest absolute Gasteiger partial charge is 0.221 e.